The molecule has 0 bridgehead atoms. The third kappa shape index (κ3) is 3.47. The Hall–Kier alpha value is -2.30. The summed E-state index contributed by atoms with van der Waals surface area (Å²) in [4.78, 5) is 4.96. The van der Waals surface area contributed by atoms with E-state index in [2.05, 4.69) is 90.1 Å². The van der Waals surface area contributed by atoms with Crippen LogP contribution in [0.3, 0.4) is 0 Å². The van der Waals surface area contributed by atoms with E-state index in [0.29, 0.717) is 12.0 Å². The van der Waals surface area contributed by atoms with Gasteiger partial charge in [0.15, 0.2) is 0 Å². The van der Waals surface area contributed by atoms with Gasteiger partial charge in [-0.3, -0.25) is 4.90 Å². The van der Waals surface area contributed by atoms with Crippen LogP contribution in [0.1, 0.15) is 17.2 Å². The molecular weight excluding hydrogens is 334 g/mol. The van der Waals surface area contributed by atoms with Crippen molar-refractivity contribution in [1.29, 1.82) is 0 Å². The maximum absolute atomic E-state index is 5.32. The molecule has 4 heteroatoms. The van der Waals surface area contributed by atoms with Gasteiger partial charge in [-0.1, -0.05) is 30.3 Å². The first-order chi connectivity index (χ1) is 13.1. The van der Waals surface area contributed by atoms with E-state index in [9.17, 15) is 0 Å². The first-order valence-electron chi connectivity index (χ1n) is 9.63. The summed E-state index contributed by atoms with van der Waals surface area (Å²) in [5.41, 5.74) is 4.08. The Bertz CT molecular complexity index is 913. The Morgan fingerprint density at radius 1 is 1.04 bits per heavy atom. The fourth-order valence-corrected chi connectivity index (χ4v) is 4.42. The number of likely N-dealkylation sites (tertiary alicyclic amines) is 1. The normalized spacial score (nSPS) is 20.6. The number of ether oxygens (including phenoxy) is 1. The molecule has 0 saturated carbocycles. The zero-order valence-electron chi connectivity index (χ0n) is 16.7. The molecule has 4 nitrogen and oxygen atoms in total. The average molecular weight is 364 g/mol. The molecule has 0 N–H and O–H groups in total. The van der Waals surface area contributed by atoms with Crippen LogP contribution < -0.4 is 4.74 Å². The number of para-hydroxylation sites is 1. The van der Waals surface area contributed by atoms with Crippen LogP contribution in [-0.2, 0) is 13.6 Å². The molecule has 0 spiro atoms. The van der Waals surface area contributed by atoms with Gasteiger partial charge in [0.05, 0.1) is 7.11 Å². The number of aromatic nitrogens is 1. The van der Waals surface area contributed by atoms with Gasteiger partial charge in [-0.25, -0.2) is 0 Å². The molecule has 0 unspecified atom stereocenters. The predicted octanol–water partition coefficient (Wildman–Crippen LogP) is 3.72. The lowest BCUT2D eigenvalue weighted by molar-refractivity contribution is 0.257. The van der Waals surface area contributed by atoms with E-state index < -0.39 is 0 Å². The highest BCUT2D eigenvalue weighted by Crippen LogP contribution is 2.32. The summed E-state index contributed by atoms with van der Waals surface area (Å²) in [6.45, 7) is 3.16. The van der Waals surface area contributed by atoms with Gasteiger partial charge in [-0.05, 0) is 49.3 Å². The molecule has 1 aliphatic heterocycles. The minimum Gasteiger partial charge on any atom is -0.497 e. The first-order valence-corrected chi connectivity index (χ1v) is 9.63. The Kier molecular flexibility index (Phi) is 4.94. The van der Waals surface area contributed by atoms with Gasteiger partial charge in [0.25, 0.3) is 0 Å². The van der Waals surface area contributed by atoms with Crippen molar-refractivity contribution in [1.82, 2.24) is 14.4 Å². The van der Waals surface area contributed by atoms with Crippen LogP contribution in [0.5, 0.6) is 5.75 Å². The third-order valence-electron chi connectivity index (χ3n) is 6.01. The summed E-state index contributed by atoms with van der Waals surface area (Å²) in [5.74, 6) is 1.44. The van der Waals surface area contributed by atoms with Crippen LogP contribution in [0, 0.1) is 0 Å². The van der Waals surface area contributed by atoms with E-state index in [1.165, 1.54) is 22.2 Å². The van der Waals surface area contributed by atoms with Crippen LogP contribution in [0.15, 0.2) is 54.6 Å². The number of hydrogen-bond donors (Lipinski definition) is 0. The minimum atomic E-state index is 0.514. The fraction of sp³-hybridized carbons (Fsp3) is 0.391. The zero-order valence-corrected chi connectivity index (χ0v) is 16.7. The molecule has 1 fully saturated rings. The number of likely N-dealkylation sites (N-methyl/N-ethyl adjacent to an activating group) is 1. The number of methoxy groups -OCH3 is 1. The van der Waals surface area contributed by atoms with Crippen molar-refractivity contribution in [2.24, 2.45) is 7.05 Å². The fourth-order valence-electron chi connectivity index (χ4n) is 4.42. The van der Waals surface area contributed by atoms with Gasteiger partial charge in [0.1, 0.15) is 5.75 Å². The summed E-state index contributed by atoms with van der Waals surface area (Å²) in [7, 11) is 8.29. The molecule has 0 aliphatic carbocycles. The van der Waals surface area contributed by atoms with E-state index in [4.69, 9.17) is 4.74 Å². The van der Waals surface area contributed by atoms with Crippen molar-refractivity contribution in [3.63, 3.8) is 0 Å². The summed E-state index contributed by atoms with van der Waals surface area (Å²) < 4.78 is 7.66. The lowest BCUT2D eigenvalue weighted by Crippen LogP contribution is -2.34. The number of benzene rings is 2. The Balaban J connectivity index is 1.56. The summed E-state index contributed by atoms with van der Waals surface area (Å²) in [6, 6.07) is 20.1. The van der Waals surface area contributed by atoms with E-state index in [1.807, 2.05) is 0 Å². The molecule has 1 aromatic heterocycles. The topological polar surface area (TPSA) is 20.6 Å². The van der Waals surface area contributed by atoms with Crippen molar-refractivity contribution >= 4 is 10.9 Å². The molecule has 27 heavy (non-hydrogen) atoms. The monoisotopic (exact) mass is 363 g/mol. The molecule has 0 amide bonds. The molecule has 1 saturated heterocycles. The summed E-state index contributed by atoms with van der Waals surface area (Å²) in [6.07, 6.45) is 0. The lowest BCUT2D eigenvalue weighted by atomic mass is 9.93. The standard InChI is InChI=1S/C23H29N3O/c1-24(2)23-16-26(15-21(23)17-9-11-20(27-4)12-10-17)14-19-13-18-7-5-6-8-22(18)25(19)3/h5-13,21,23H,14-16H2,1-4H3/t21-,23+/m0/s1. The molecule has 1 aliphatic rings. The second kappa shape index (κ2) is 7.37. The number of aryl methyl sites for hydroxylation is 1. The zero-order chi connectivity index (χ0) is 19.0. The van der Waals surface area contributed by atoms with Crippen molar-refractivity contribution < 1.29 is 4.74 Å². The molecule has 3 aromatic rings. The largest absolute Gasteiger partial charge is 0.497 e. The van der Waals surface area contributed by atoms with Gasteiger partial charge in [0.2, 0.25) is 0 Å². The Labute approximate surface area is 162 Å². The van der Waals surface area contributed by atoms with Crippen molar-refractivity contribution in [2.45, 2.75) is 18.5 Å². The smallest absolute Gasteiger partial charge is 0.118 e. The molecule has 2 atom stereocenters. The van der Waals surface area contributed by atoms with Crippen molar-refractivity contribution in [2.75, 3.05) is 34.3 Å². The number of nitrogens with zero attached hydrogens (tertiary/aromatic N) is 3. The van der Waals surface area contributed by atoms with E-state index in [1.54, 1.807) is 7.11 Å². The van der Waals surface area contributed by atoms with Crippen molar-refractivity contribution in [3.8, 4) is 5.75 Å². The number of rotatable bonds is 5. The summed E-state index contributed by atoms with van der Waals surface area (Å²) in [5, 5.41) is 1.32. The first kappa shape index (κ1) is 18.1. The lowest BCUT2D eigenvalue weighted by Gasteiger charge is -2.25. The minimum absolute atomic E-state index is 0.514. The molecule has 0 radical (unpaired) electrons. The highest BCUT2D eigenvalue weighted by atomic mass is 16.5. The van der Waals surface area contributed by atoms with Gasteiger partial charge in [-0.15, -0.1) is 0 Å². The third-order valence-corrected chi connectivity index (χ3v) is 6.01. The van der Waals surface area contributed by atoms with Crippen molar-refractivity contribution in [3.05, 3.63) is 65.9 Å². The van der Waals surface area contributed by atoms with E-state index in [-0.39, 0.29) is 0 Å². The van der Waals surface area contributed by atoms with Crippen LogP contribution in [0.4, 0.5) is 0 Å². The quantitative estimate of drug-likeness (QED) is 0.689. The van der Waals surface area contributed by atoms with Gasteiger partial charge in [0, 0.05) is 49.9 Å². The Morgan fingerprint density at radius 2 is 1.78 bits per heavy atom. The number of fused-ring (bicyclic) bond motifs is 1. The van der Waals surface area contributed by atoms with Gasteiger partial charge >= 0.3 is 0 Å². The van der Waals surface area contributed by atoms with Crippen LogP contribution in [0.2, 0.25) is 0 Å². The van der Waals surface area contributed by atoms with Crippen LogP contribution in [-0.4, -0.2) is 54.7 Å². The van der Waals surface area contributed by atoms with Gasteiger partial charge in [-0.2, -0.15) is 0 Å². The van der Waals surface area contributed by atoms with E-state index in [0.717, 1.165) is 25.4 Å². The van der Waals surface area contributed by atoms with Gasteiger partial charge < -0.3 is 14.2 Å². The molecular formula is C23H29N3O. The second-order valence-corrected chi connectivity index (χ2v) is 7.86. The molecule has 2 heterocycles. The Morgan fingerprint density at radius 3 is 2.44 bits per heavy atom. The highest BCUT2D eigenvalue weighted by molar-refractivity contribution is 5.81. The van der Waals surface area contributed by atoms with Crippen LogP contribution in [0.25, 0.3) is 10.9 Å². The van der Waals surface area contributed by atoms with E-state index >= 15 is 0 Å². The summed E-state index contributed by atoms with van der Waals surface area (Å²) >= 11 is 0. The molecule has 142 valence electrons. The average Bonchev–Trinajstić information content (AvgIpc) is 3.24. The maximum atomic E-state index is 5.32. The predicted molar refractivity (Wildman–Crippen MR) is 111 cm³/mol. The number of hydrogen-bond acceptors (Lipinski definition) is 3. The molecule has 4 rings (SSSR count). The maximum Gasteiger partial charge on any atom is 0.118 e. The second-order valence-electron chi connectivity index (χ2n) is 7.86. The SMILES string of the molecule is COc1ccc([C@@H]2CN(Cc3cc4ccccc4n3C)C[C@H]2N(C)C)cc1. The molecule has 2 aromatic carbocycles. The highest BCUT2D eigenvalue weighted by Gasteiger charge is 2.35. The van der Waals surface area contributed by atoms with Crippen LogP contribution >= 0.6 is 0 Å².